The van der Waals surface area contributed by atoms with Crippen LogP contribution in [0.1, 0.15) is 28.6 Å². The van der Waals surface area contributed by atoms with Gasteiger partial charge in [-0.3, -0.25) is 15.4 Å². The topological polar surface area (TPSA) is 170 Å². The molecule has 0 radical (unpaired) electrons. The number of amidine groups is 1. The smallest absolute Gasteiger partial charge is 0.349 e. The SMILES string of the molecule is COc1cc(C(Nc2ccc(C(=N)N)cc2)c2nn(-c3cccnn3)c(=O)[nH]2)ccc1OCc1cccnc1. The highest BCUT2D eigenvalue weighted by molar-refractivity contribution is 5.95. The van der Waals surface area contributed by atoms with Crippen molar-refractivity contribution < 1.29 is 9.47 Å². The van der Waals surface area contributed by atoms with Crippen LogP contribution in [0.25, 0.3) is 5.82 Å². The van der Waals surface area contributed by atoms with E-state index >= 15 is 0 Å². The molecule has 2 aromatic carbocycles. The first kappa shape index (κ1) is 25.1. The molecule has 0 saturated heterocycles. The number of aromatic amines is 1. The van der Waals surface area contributed by atoms with E-state index in [2.05, 4.69) is 30.6 Å². The third kappa shape index (κ3) is 5.74. The lowest BCUT2D eigenvalue weighted by Crippen LogP contribution is -2.17. The minimum Gasteiger partial charge on any atom is -0.493 e. The molecule has 12 heteroatoms. The lowest BCUT2D eigenvalue weighted by molar-refractivity contribution is 0.284. The molecule has 0 saturated carbocycles. The standard InChI is InChI=1S/C27H25N9O3/c1-38-22-14-19(8-11-21(22)39-16-17-4-2-12-30-15-17)24(32-20-9-6-18(7-10-20)25(28)29)26-33-27(37)36(35-26)23-5-3-13-31-34-23/h2-15,24,32H,16H2,1H3,(H3,28,29)(H,33,35,37). The van der Waals surface area contributed by atoms with E-state index in [-0.39, 0.29) is 11.7 Å². The molecule has 0 fully saturated rings. The number of aromatic nitrogens is 6. The maximum atomic E-state index is 12.8. The Labute approximate surface area is 223 Å². The van der Waals surface area contributed by atoms with Crippen LogP contribution < -0.4 is 26.2 Å². The fraction of sp³-hybridized carbons (Fsp3) is 0.111. The maximum absolute atomic E-state index is 12.8. The predicted octanol–water partition coefficient (Wildman–Crippen LogP) is 2.82. The number of hydrogen-bond acceptors (Lipinski definition) is 9. The summed E-state index contributed by atoms with van der Waals surface area (Å²) >= 11 is 0. The second kappa shape index (κ2) is 11.3. The van der Waals surface area contributed by atoms with E-state index in [4.69, 9.17) is 20.6 Å². The van der Waals surface area contributed by atoms with E-state index in [9.17, 15) is 4.79 Å². The first-order chi connectivity index (χ1) is 19.0. The predicted molar refractivity (Wildman–Crippen MR) is 144 cm³/mol. The van der Waals surface area contributed by atoms with E-state index in [1.54, 1.807) is 62.0 Å². The summed E-state index contributed by atoms with van der Waals surface area (Å²) in [7, 11) is 1.56. The van der Waals surface area contributed by atoms with Gasteiger partial charge >= 0.3 is 5.69 Å². The van der Waals surface area contributed by atoms with Crippen molar-refractivity contribution >= 4 is 11.5 Å². The van der Waals surface area contributed by atoms with Gasteiger partial charge in [-0.1, -0.05) is 12.1 Å². The van der Waals surface area contributed by atoms with Crippen molar-refractivity contribution in [2.45, 2.75) is 12.6 Å². The first-order valence-electron chi connectivity index (χ1n) is 11.9. The molecule has 1 unspecified atom stereocenters. The Hall–Kier alpha value is -5.52. The summed E-state index contributed by atoms with van der Waals surface area (Å²) in [6.45, 7) is 0.323. The molecule has 0 aliphatic heterocycles. The van der Waals surface area contributed by atoms with Crippen LogP contribution >= 0.6 is 0 Å². The van der Waals surface area contributed by atoms with Crippen molar-refractivity contribution in [2.24, 2.45) is 5.73 Å². The van der Waals surface area contributed by atoms with Crippen molar-refractivity contribution in [2.75, 3.05) is 12.4 Å². The molecule has 5 rings (SSSR count). The van der Waals surface area contributed by atoms with Crippen molar-refractivity contribution in [1.29, 1.82) is 5.41 Å². The van der Waals surface area contributed by atoms with Gasteiger partial charge in [0.2, 0.25) is 0 Å². The highest BCUT2D eigenvalue weighted by Gasteiger charge is 2.22. The molecular weight excluding hydrogens is 498 g/mol. The van der Waals surface area contributed by atoms with Gasteiger partial charge in [-0.2, -0.15) is 9.78 Å². The van der Waals surface area contributed by atoms with E-state index < -0.39 is 11.7 Å². The van der Waals surface area contributed by atoms with Gasteiger partial charge < -0.3 is 20.5 Å². The number of nitrogen functional groups attached to an aromatic ring is 1. The Bertz CT molecular complexity index is 1620. The van der Waals surface area contributed by atoms with Crippen LogP contribution in [0, 0.1) is 5.41 Å². The third-order valence-corrected chi connectivity index (χ3v) is 5.83. The normalized spacial score (nSPS) is 11.5. The number of nitrogens with zero attached hydrogens (tertiary/aromatic N) is 5. The highest BCUT2D eigenvalue weighted by atomic mass is 16.5. The summed E-state index contributed by atoms with van der Waals surface area (Å²) in [5.74, 6) is 1.65. The van der Waals surface area contributed by atoms with Crippen LogP contribution in [0.3, 0.4) is 0 Å². The quantitative estimate of drug-likeness (QED) is 0.159. The van der Waals surface area contributed by atoms with Crippen LogP contribution in [0.2, 0.25) is 0 Å². The van der Waals surface area contributed by atoms with Crippen molar-refractivity contribution in [3.8, 4) is 17.3 Å². The average Bonchev–Trinajstić information content (AvgIpc) is 3.37. The number of nitrogens with two attached hydrogens (primary N) is 1. The molecule has 5 N–H and O–H groups in total. The molecule has 0 aliphatic carbocycles. The molecule has 0 amide bonds. The summed E-state index contributed by atoms with van der Waals surface area (Å²) in [5.41, 5.74) is 8.11. The molecule has 0 bridgehead atoms. The maximum Gasteiger partial charge on any atom is 0.349 e. The van der Waals surface area contributed by atoms with Crippen LogP contribution in [0.5, 0.6) is 11.5 Å². The van der Waals surface area contributed by atoms with Crippen molar-refractivity contribution in [3.05, 3.63) is 118 Å². The monoisotopic (exact) mass is 523 g/mol. The number of H-pyrrole nitrogens is 1. The number of benzene rings is 2. The third-order valence-electron chi connectivity index (χ3n) is 5.83. The molecule has 1 atom stereocenters. The number of rotatable bonds is 10. The van der Waals surface area contributed by atoms with Gasteiger partial charge in [-0.25, -0.2) is 4.79 Å². The van der Waals surface area contributed by atoms with Gasteiger partial charge in [0.25, 0.3) is 0 Å². The molecule has 3 heterocycles. The fourth-order valence-electron chi connectivity index (χ4n) is 3.88. The lowest BCUT2D eigenvalue weighted by Gasteiger charge is -2.20. The van der Waals surface area contributed by atoms with E-state index in [0.717, 1.165) is 21.5 Å². The molecule has 5 aromatic rings. The number of methoxy groups -OCH3 is 1. The largest absolute Gasteiger partial charge is 0.493 e. The highest BCUT2D eigenvalue weighted by Crippen LogP contribution is 2.33. The number of ether oxygens (including phenoxy) is 2. The fourth-order valence-corrected chi connectivity index (χ4v) is 3.88. The van der Waals surface area contributed by atoms with Crippen LogP contribution in [0.15, 0.2) is 90.1 Å². The number of hydrogen-bond donors (Lipinski definition) is 4. The molecule has 3 aromatic heterocycles. The zero-order chi connectivity index (χ0) is 27.2. The van der Waals surface area contributed by atoms with E-state index in [0.29, 0.717) is 29.5 Å². The van der Waals surface area contributed by atoms with Gasteiger partial charge in [0.15, 0.2) is 23.1 Å². The minimum absolute atomic E-state index is 0.0308. The van der Waals surface area contributed by atoms with E-state index in [1.807, 2.05) is 24.3 Å². The van der Waals surface area contributed by atoms with Gasteiger partial charge in [-0.15, -0.1) is 10.2 Å². The Morgan fingerprint density at radius 1 is 1.10 bits per heavy atom. The van der Waals surface area contributed by atoms with Crippen LogP contribution in [-0.2, 0) is 6.61 Å². The zero-order valence-electron chi connectivity index (χ0n) is 20.9. The Morgan fingerprint density at radius 3 is 2.62 bits per heavy atom. The second-order valence-corrected chi connectivity index (χ2v) is 8.44. The van der Waals surface area contributed by atoms with Gasteiger partial charge in [0.1, 0.15) is 18.5 Å². The first-order valence-corrected chi connectivity index (χ1v) is 11.9. The summed E-state index contributed by atoms with van der Waals surface area (Å²) in [6.07, 6.45) is 4.96. The van der Waals surface area contributed by atoms with Gasteiger partial charge in [0.05, 0.1) is 7.11 Å². The average molecular weight is 524 g/mol. The zero-order valence-corrected chi connectivity index (χ0v) is 20.9. The number of pyridine rings is 1. The van der Waals surface area contributed by atoms with E-state index in [1.165, 1.54) is 6.20 Å². The van der Waals surface area contributed by atoms with Gasteiger partial charge in [0, 0.05) is 35.4 Å². The molecule has 196 valence electrons. The molecular formula is C27H25N9O3. The molecule has 0 spiro atoms. The van der Waals surface area contributed by atoms with Crippen LogP contribution in [0.4, 0.5) is 5.69 Å². The molecule has 39 heavy (non-hydrogen) atoms. The number of nitrogens with one attached hydrogen (secondary N) is 3. The summed E-state index contributed by atoms with van der Waals surface area (Å²) in [6, 6.07) is 19.0. The van der Waals surface area contributed by atoms with Crippen molar-refractivity contribution in [1.82, 2.24) is 29.9 Å². The van der Waals surface area contributed by atoms with Crippen molar-refractivity contribution in [3.63, 3.8) is 0 Å². The molecule has 12 nitrogen and oxygen atoms in total. The van der Waals surface area contributed by atoms with Crippen LogP contribution in [-0.4, -0.2) is 42.9 Å². The Morgan fingerprint density at radius 2 is 1.92 bits per heavy atom. The minimum atomic E-state index is -0.597. The summed E-state index contributed by atoms with van der Waals surface area (Å²) in [4.78, 5) is 19.7. The lowest BCUT2D eigenvalue weighted by atomic mass is 10.0. The van der Waals surface area contributed by atoms with Gasteiger partial charge in [-0.05, 0) is 60.2 Å². The Balaban J connectivity index is 1.50. The molecule has 0 aliphatic rings. The summed E-state index contributed by atoms with van der Waals surface area (Å²) in [5, 5.41) is 23.4. The Kier molecular flexibility index (Phi) is 7.26. The summed E-state index contributed by atoms with van der Waals surface area (Å²) < 4.78 is 12.8. The number of anilines is 1. The second-order valence-electron chi connectivity index (χ2n) is 8.44.